The van der Waals surface area contributed by atoms with Crippen LogP contribution in [0.5, 0.6) is 0 Å². The van der Waals surface area contributed by atoms with E-state index in [1.165, 1.54) is 12.8 Å². The maximum atomic E-state index is 5.89. The highest BCUT2D eigenvalue weighted by atomic mass is 127. The second-order valence-electron chi connectivity index (χ2n) is 4.32. The van der Waals surface area contributed by atoms with Gasteiger partial charge in [0.2, 0.25) is 0 Å². The molecule has 1 aromatic heterocycles. The normalized spacial score (nSPS) is 15.1. The van der Waals surface area contributed by atoms with Crippen LogP contribution in [0, 0.1) is 0 Å². The Bertz CT molecular complexity index is 403. The van der Waals surface area contributed by atoms with Gasteiger partial charge in [0.25, 0.3) is 0 Å². The number of aromatic nitrogens is 1. The first-order valence-corrected chi connectivity index (χ1v) is 6.18. The van der Waals surface area contributed by atoms with E-state index < -0.39 is 0 Å². The fourth-order valence-corrected chi connectivity index (χ4v) is 1.73. The number of halogens is 2. The number of rotatable bonds is 4. The standard InChI is InChI=1S/C12H17ClN4.HI/c1-17(10-3-4-10)12(14)15-7-6-9-2-5-11(13)16-8-9;/h2,5,8,10H,3-4,6-7H2,1H3,(H2,14,15);1H. The minimum absolute atomic E-state index is 0. The van der Waals surface area contributed by atoms with Crippen molar-refractivity contribution in [2.45, 2.75) is 25.3 Å². The van der Waals surface area contributed by atoms with Crippen molar-refractivity contribution in [2.75, 3.05) is 13.6 Å². The fraction of sp³-hybridized carbons (Fsp3) is 0.500. The van der Waals surface area contributed by atoms with Gasteiger partial charge in [-0.05, 0) is 30.9 Å². The molecule has 1 aliphatic carbocycles. The van der Waals surface area contributed by atoms with Crippen LogP contribution >= 0.6 is 35.6 Å². The molecule has 1 aromatic rings. The third-order valence-electron chi connectivity index (χ3n) is 2.92. The van der Waals surface area contributed by atoms with Crippen molar-refractivity contribution in [1.29, 1.82) is 0 Å². The summed E-state index contributed by atoms with van der Waals surface area (Å²) in [6.45, 7) is 0.687. The van der Waals surface area contributed by atoms with Crippen LogP contribution < -0.4 is 5.73 Å². The lowest BCUT2D eigenvalue weighted by Gasteiger charge is -2.16. The van der Waals surface area contributed by atoms with E-state index in [4.69, 9.17) is 17.3 Å². The molecule has 0 bridgehead atoms. The predicted octanol–water partition coefficient (Wildman–Crippen LogP) is 2.30. The topological polar surface area (TPSA) is 54.5 Å². The van der Waals surface area contributed by atoms with Gasteiger partial charge in [-0.15, -0.1) is 24.0 Å². The summed E-state index contributed by atoms with van der Waals surface area (Å²) >= 11 is 5.71. The summed E-state index contributed by atoms with van der Waals surface area (Å²) in [5.41, 5.74) is 7.01. The van der Waals surface area contributed by atoms with Gasteiger partial charge in [-0.2, -0.15) is 0 Å². The first kappa shape index (κ1) is 15.5. The van der Waals surface area contributed by atoms with Crippen LogP contribution in [0.2, 0.25) is 5.15 Å². The van der Waals surface area contributed by atoms with E-state index in [9.17, 15) is 0 Å². The van der Waals surface area contributed by atoms with Crippen LogP contribution in [0.1, 0.15) is 18.4 Å². The zero-order valence-electron chi connectivity index (χ0n) is 10.3. The Labute approximate surface area is 130 Å². The summed E-state index contributed by atoms with van der Waals surface area (Å²) in [5.74, 6) is 0.634. The Hall–Kier alpha value is -0.560. The number of nitrogens with zero attached hydrogens (tertiary/aromatic N) is 3. The van der Waals surface area contributed by atoms with Gasteiger partial charge in [-0.1, -0.05) is 17.7 Å². The van der Waals surface area contributed by atoms with Crippen LogP contribution in [-0.4, -0.2) is 35.5 Å². The van der Waals surface area contributed by atoms with Gasteiger partial charge in [0.05, 0.1) is 0 Å². The zero-order chi connectivity index (χ0) is 12.3. The smallest absolute Gasteiger partial charge is 0.191 e. The number of hydrogen-bond donors (Lipinski definition) is 1. The summed E-state index contributed by atoms with van der Waals surface area (Å²) < 4.78 is 0. The molecule has 6 heteroatoms. The molecular weight excluding hydrogens is 363 g/mol. The lowest BCUT2D eigenvalue weighted by Crippen LogP contribution is -2.35. The summed E-state index contributed by atoms with van der Waals surface area (Å²) in [7, 11) is 2.00. The largest absolute Gasteiger partial charge is 0.370 e. The molecule has 0 atom stereocenters. The van der Waals surface area contributed by atoms with E-state index in [1.54, 1.807) is 12.3 Å². The van der Waals surface area contributed by atoms with Crippen molar-refractivity contribution in [3.8, 4) is 0 Å². The lowest BCUT2D eigenvalue weighted by atomic mass is 10.2. The van der Waals surface area contributed by atoms with Crippen LogP contribution in [0.15, 0.2) is 23.3 Å². The molecule has 0 saturated heterocycles. The van der Waals surface area contributed by atoms with Gasteiger partial charge in [0, 0.05) is 25.8 Å². The quantitative estimate of drug-likeness (QED) is 0.377. The molecule has 1 saturated carbocycles. The van der Waals surface area contributed by atoms with Crippen LogP contribution in [0.3, 0.4) is 0 Å². The predicted molar refractivity (Wildman–Crippen MR) is 85.6 cm³/mol. The van der Waals surface area contributed by atoms with Gasteiger partial charge in [0.1, 0.15) is 5.15 Å². The Balaban J connectivity index is 0.00000162. The second kappa shape index (κ2) is 7.13. The fourth-order valence-electron chi connectivity index (χ4n) is 1.61. The number of aliphatic imine (C=N–C) groups is 1. The molecule has 0 amide bonds. The van der Waals surface area contributed by atoms with E-state index >= 15 is 0 Å². The molecule has 18 heavy (non-hydrogen) atoms. The van der Waals surface area contributed by atoms with Crippen molar-refractivity contribution in [3.63, 3.8) is 0 Å². The molecule has 2 rings (SSSR count). The van der Waals surface area contributed by atoms with E-state index in [2.05, 4.69) is 14.9 Å². The van der Waals surface area contributed by atoms with Crippen LogP contribution in [0.4, 0.5) is 0 Å². The summed E-state index contributed by atoms with van der Waals surface area (Å²) in [6.07, 6.45) is 5.07. The number of guanidine groups is 1. The number of pyridine rings is 1. The van der Waals surface area contributed by atoms with Gasteiger partial charge in [-0.25, -0.2) is 4.98 Å². The molecule has 0 unspecified atom stereocenters. The molecule has 4 nitrogen and oxygen atoms in total. The Morgan fingerprint density at radius 2 is 2.28 bits per heavy atom. The van der Waals surface area contributed by atoms with Crippen LogP contribution in [0.25, 0.3) is 0 Å². The Kier molecular flexibility index (Phi) is 6.14. The molecule has 2 N–H and O–H groups in total. The highest BCUT2D eigenvalue weighted by Gasteiger charge is 2.27. The summed E-state index contributed by atoms with van der Waals surface area (Å²) in [6, 6.07) is 4.36. The minimum atomic E-state index is 0. The van der Waals surface area contributed by atoms with Crippen molar-refractivity contribution < 1.29 is 0 Å². The average Bonchev–Trinajstić information content (AvgIpc) is 3.14. The Morgan fingerprint density at radius 3 is 2.83 bits per heavy atom. The third-order valence-corrected chi connectivity index (χ3v) is 3.14. The molecule has 1 aliphatic rings. The third kappa shape index (κ3) is 4.61. The molecule has 0 spiro atoms. The van der Waals surface area contributed by atoms with E-state index in [0.717, 1.165) is 12.0 Å². The monoisotopic (exact) mass is 380 g/mol. The number of nitrogens with two attached hydrogens (primary N) is 1. The molecule has 0 aliphatic heterocycles. The van der Waals surface area contributed by atoms with Crippen molar-refractivity contribution >= 4 is 41.5 Å². The number of hydrogen-bond acceptors (Lipinski definition) is 2. The SMILES string of the molecule is CN(C(N)=NCCc1ccc(Cl)nc1)C1CC1.I. The molecule has 1 heterocycles. The van der Waals surface area contributed by atoms with Crippen LogP contribution in [-0.2, 0) is 6.42 Å². The summed E-state index contributed by atoms with van der Waals surface area (Å²) in [4.78, 5) is 10.4. The molecule has 100 valence electrons. The molecule has 0 aromatic carbocycles. The van der Waals surface area contributed by atoms with Gasteiger partial charge in [0.15, 0.2) is 5.96 Å². The van der Waals surface area contributed by atoms with Crippen molar-refractivity contribution in [1.82, 2.24) is 9.88 Å². The molecule has 0 radical (unpaired) electrons. The second-order valence-corrected chi connectivity index (χ2v) is 4.71. The van der Waals surface area contributed by atoms with Gasteiger partial charge in [-0.3, -0.25) is 4.99 Å². The lowest BCUT2D eigenvalue weighted by molar-refractivity contribution is 0.487. The molecular formula is C12H18ClIN4. The van der Waals surface area contributed by atoms with Crippen molar-refractivity contribution in [3.05, 3.63) is 29.0 Å². The van der Waals surface area contributed by atoms with Crippen molar-refractivity contribution in [2.24, 2.45) is 10.7 Å². The highest BCUT2D eigenvalue weighted by molar-refractivity contribution is 14.0. The highest BCUT2D eigenvalue weighted by Crippen LogP contribution is 2.24. The van der Waals surface area contributed by atoms with E-state index in [1.807, 2.05) is 13.1 Å². The van der Waals surface area contributed by atoms with E-state index in [-0.39, 0.29) is 24.0 Å². The first-order chi connectivity index (χ1) is 8.16. The van der Waals surface area contributed by atoms with Gasteiger partial charge >= 0.3 is 0 Å². The van der Waals surface area contributed by atoms with E-state index in [0.29, 0.717) is 23.7 Å². The van der Waals surface area contributed by atoms with Gasteiger partial charge < -0.3 is 10.6 Å². The average molecular weight is 381 g/mol. The minimum Gasteiger partial charge on any atom is -0.370 e. The first-order valence-electron chi connectivity index (χ1n) is 5.80. The maximum absolute atomic E-state index is 5.89. The Morgan fingerprint density at radius 1 is 1.56 bits per heavy atom. The molecule has 1 fully saturated rings. The maximum Gasteiger partial charge on any atom is 0.191 e. The summed E-state index contributed by atoms with van der Waals surface area (Å²) in [5, 5.41) is 0.519. The zero-order valence-corrected chi connectivity index (χ0v) is 13.4.